The normalized spacial score (nSPS) is 15.6. The number of carbonyl (C=O) groups excluding carboxylic acids is 1. The minimum absolute atomic E-state index is 0.0803. The van der Waals surface area contributed by atoms with Crippen LogP contribution in [0.25, 0.3) is 0 Å². The van der Waals surface area contributed by atoms with Crippen molar-refractivity contribution in [2.24, 2.45) is 5.92 Å². The highest BCUT2D eigenvalue weighted by atomic mass is 35.5. The van der Waals surface area contributed by atoms with Gasteiger partial charge in [0.2, 0.25) is 0 Å². The maximum atomic E-state index is 12.6. The van der Waals surface area contributed by atoms with Gasteiger partial charge >= 0.3 is 6.61 Å². The van der Waals surface area contributed by atoms with Crippen molar-refractivity contribution in [2.45, 2.75) is 47.5 Å². The molecule has 282 valence electrons. The Hall–Kier alpha value is -3.26. The van der Waals surface area contributed by atoms with Gasteiger partial charge in [0, 0.05) is 65.4 Å². The first-order valence-electron chi connectivity index (χ1n) is 17.7. The highest BCUT2D eigenvalue weighted by Gasteiger charge is 2.25. The van der Waals surface area contributed by atoms with E-state index in [1.807, 2.05) is 23.5 Å². The van der Waals surface area contributed by atoms with Crippen LogP contribution in [0.3, 0.4) is 0 Å². The van der Waals surface area contributed by atoms with Crippen LogP contribution in [0.2, 0.25) is 10.0 Å². The fourth-order valence-corrected chi connectivity index (χ4v) is 8.22. The Morgan fingerprint density at radius 2 is 1.70 bits per heavy atom. The molecule has 1 saturated heterocycles. The van der Waals surface area contributed by atoms with Crippen LogP contribution in [-0.2, 0) is 0 Å². The van der Waals surface area contributed by atoms with Gasteiger partial charge in [-0.05, 0) is 93.1 Å². The molecule has 0 bridgehead atoms. The van der Waals surface area contributed by atoms with Crippen LogP contribution >= 0.6 is 46.7 Å². The third kappa shape index (κ3) is 10.9. The van der Waals surface area contributed by atoms with Gasteiger partial charge in [-0.1, -0.05) is 54.0 Å². The monoisotopic (exact) mass is 801 g/mol. The molecule has 1 N–H and O–H groups in total. The van der Waals surface area contributed by atoms with Crippen LogP contribution in [0.4, 0.5) is 25.8 Å². The summed E-state index contributed by atoms with van der Waals surface area (Å²) in [5.41, 5.74) is 3.14. The van der Waals surface area contributed by atoms with Crippen LogP contribution < -0.4 is 19.7 Å². The number of piperazine rings is 1. The highest BCUT2D eigenvalue weighted by Crippen LogP contribution is 2.49. The zero-order valence-electron chi connectivity index (χ0n) is 29.7. The lowest BCUT2D eigenvalue weighted by molar-refractivity contribution is -0.0515. The van der Waals surface area contributed by atoms with E-state index in [9.17, 15) is 13.6 Å². The van der Waals surface area contributed by atoms with Crippen LogP contribution in [0.15, 0.2) is 87.7 Å². The molecule has 3 heterocycles. The van der Waals surface area contributed by atoms with Gasteiger partial charge < -0.3 is 29.5 Å². The van der Waals surface area contributed by atoms with Crippen LogP contribution in [0.1, 0.15) is 36.5 Å². The number of anilines is 3. The predicted octanol–water partition coefficient (Wildman–Crippen LogP) is 10.1. The Morgan fingerprint density at radius 1 is 0.962 bits per heavy atom. The van der Waals surface area contributed by atoms with Crippen LogP contribution in [-0.4, -0.2) is 86.0 Å². The summed E-state index contributed by atoms with van der Waals surface area (Å²) in [6, 6.07) is 19.8. The topological polar surface area (TPSA) is 70.2 Å². The first-order chi connectivity index (χ1) is 25.7. The number of amides is 1. The van der Waals surface area contributed by atoms with Crippen LogP contribution in [0.5, 0.6) is 11.5 Å². The van der Waals surface area contributed by atoms with Crippen LogP contribution in [0, 0.1) is 5.92 Å². The number of thioether (sulfide) groups is 1. The molecule has 2 fully saturated rings. The number of hydrogen-bond donors (Lipinski definition) is 1. The molecule has 0 atom stereocenters. The summed E-state index contributed by atoms with van der Waals surface area (Å²) < 4.78 is 35.1. The number of aromatic nitrogens is 1. The van der Waals surface area contributed by atoms with Gasteiger partial charge in [0.25, 0.3) is 5.91 Å². The van der Waals surface area contributed by atoms with E-state index in [-0.39, 0.29) is 32.8 Å². The Balaban J connectivity index is 0.000000182. The fourth-order valence-electron chi connectivity index (χ4n) is 5.99. The van der Waals surface area contributed by atoms with Gasteiger partial charge in [0.15, 0.2) is 11.5 Å². The maximum Gasteiger partial charge on any atom is 0.387 e. The molecule has 1 amide bonds. The quantitative estimate of drug-likeness (QED) is 0.133. The third-order valence-corrected chi connectivity index (χ3v) is 11.6. The zero-order valence-corrected chi connectivity index (χ0v) is 32.8. The van der Waals surface area contributed by atoms with Crippen molar-refractivity contribution in [2.75, 3.05) is 68.9 Å². The number of alkyl halides is 2. The summed E-state index contributed by atoms with van der Waals surface area (Å²) in [5, 5.41) is 2.92. The van der Waals surface area contributed by atoms with Crippen molar-refractivity contribution in [1.82, 2.24) is 14.8 Å². The smallest absolute Gasteiger partial charge is 0.387 e. The molecule has 0 unspecified atom stereocenters. The van der Waals surface area contributed by atoms with Gasteiger partial charge in [-0.2, -0.15) is 8.78 Å². The van der Waals surface area contributed by atoms with E-state index >= 15 is 0 Å². The fraction of sp³-hybridized carbons (Fsp3) is 0.385. The number of halogens is 4. The van der Waals surface area contributed by atoms with Crippen molar-refractivity contribution in [1.29, 1.82) is 0 Å². The minimum atomic E-state index is -2.99. The SMILES string of the molecule is CCSc1ccc2c(c1)N(CCCN1CCN(C)CC1)c1ccccc1S2.O=C(Nc1c(Cl)cncc1Cl)c1ccc(OC(F)F)c(OCC2CC2)c1. The van der Waals surface area contributed by atoms with Gasteiger partial charge in [-0.25, -0.2) is 0 Å². The third-order valence-electron chi connectivity index (χ3n) is 9.05. The number of hydrogen-bond acceptors (Lipinski definition) is 9. The van der Waals surface area contributed by atoms with E-state index in [4.69, 9.17) is 27.9 Å². The summed E-state index contributed by atoms with van der Waals surface area (Å²) in [6.45, 7) is 6.69. The van der Waals surface area contributed by atoms with E-state index in [1.54, 1.807) is 0 Å². The minimum Gasteiger partial charge on any atom is -0.489 e. The summed E-state index contributed by atoms with van der Waals surface area (Å²) >= 11 is 15.8. The van der Waals surface area contributed by atoms with Gasteiger partial charge in [0.1, 0.15) is 0 Å². The summed E-state index contributed by atoms with van der Waals surface area (Å²) in [6.07, 6.45) is 5.95. The van der Waals surface area contributed by atoms with Gasteiger partial charge in [-0.3, -0.25) is 9.78 Å². The second kappa shape index (κ2) is 18.9. The summed E-state index contributed by atoms with van der Waals surface area (Å²) in [7, 11) is 2.22. The molecular formula is C39H43Cl2F2N5O3S2. The van der Waals surface area contributed by atoms with Crippen molar-refractivity contribution in [3.8, 4) is 11.5 Å². The van der Waals surface area contributed by atoms with Crippen molar-refractivity contribution in [3.05, 3.63) is 88.7 Å². The Kier molecular flexibility index (Phi) is 14.0. The number of nitrogens with zero attached hydrogens (tertiary/aromatic N) is 4. The van der Waals surface area contributed by atoms with Crippen molar-refractivity contribution in [3.63, 3.8) is 0 Å². The molecule has 8 nitrogen and oxygen atoms in total. The molecular weight excluding hydrogens is 759 g/mol. The predicted molar refractivity (Wildman–Crippen MR) is 212 cm³/mol. The first-order valence-corrected chi connectivity index (χ1v) is 20.3. The summed E-state index contributed by atoms with van der Waals surface area (Å²) in [5.74, 6) is 0.946. The molecule has 53 heavy (non-hydrogen) atoms. The first kappa shape index (κ1) is 39.4. The molecule has 2 aliphatic heterocycles. The number of ether oxygens (including phenoxy) is 2. The lowest BCUT2D eigenvalue weighted by Gasteiger charge is -2.35. The molecule has 4 aromatic rings. The standard InChI is InChI=1S/C22H29N3S2.C17H14Cl2F2N2O3/c1-3-26-18-9-10-22-20(17-18)25(19-7-4-5-8-21(19)27-22)12-6-11-24-15-13-23(2)14-16-24;18-11-6-22-7-12(19)15(11)23-16(24)10-3-4-13(26-17(20)21)14(5-10)25-8-9-1-2-9/h4-5,7-10,17H,3,6,11-16H2,1-2H3;3-7,9,17H,1-2,8H2,(H,22,23,24). The Morgan fingerprint density at radius 3 is 2.42 bits per heavy atom. The molecule has 3 aromatic carbocycles. The van der Waals surface area contributed by atoms with E-state index < -0.39 is 12.5 Å². The summed E-state index contributed by atoms with van der Waals surface area (Å²) in [4.78, 5) is 28.0. The van der Waals surface area contributed by atoms with Gasteiger partial charge in [0.05, 0.1) is 33.7 Å². The number of fused-ring (bicyclic) bond motifs is 2. The molecule has 1 saturated carbocycles. The second-order valence-electron chi connectivity index (χ2n) is 13.0. The lowest BCUT2D eigenvalue weighted by Crippen LogP contribution is -2.45. The highest BCUT2D eigenvalue weighted by molar-refractivity contribution is 8.00. The molecule has 14 heteroatoms. The average Bonchev–Trinajstić information content (AvgIpc) is 3.98. The molecule has 0 radical (unpaired) electrons. The average molecular weight is 803 g/mol. The van der Waals surface area contributed by atoms with E-state index in [2.05, 4.69) is 86.2 Å². The largest absolute Gasteiger partial charge is 0.489 e. The van der Waals surface area contributed by atoms with Crippen molar-refractivity contribution >= 4 is 69.7 Å². The number of likely N-dealkylation sites (N-methyl/N-ethyl adjacent to an activating group) is 1. The lowest BCUT2D eigenvalue weighted by atomic mass is 10.2. The molecule has 0 spiro atoms. The maximum absolute atomic E-state index is 12.6. The number of carbonyl (C=O) groups is 1. The Bertz CT molecular complexity index is 1840. The van der Waals surface area contributed by atoms with Gasteiger partial charge in [-0.15, -0.1) is 11.8 Å². The zero-order chi connectivity index (χ0) is 37.3. The Labute approximate surface area is 328 Å². The van der Waals surface area contributed by atoms with E-state index in [1.165, 1.54) is 95.8 Å². The molecule has 1 aromatic heterocycles. The molecule has 3 aliphatic rings. The van der Waals surface area contributed by atoms with Crippen molar-refractivity contribution < 1.29 is 23.0 Å². The number of pyridine rings is 1. The number of rotatable bonds is 13. The molecule has 7 rings (SSSR count). The number of para-hydroxylation sites is 1. The second-order valence-corrected chi connectivity index (χ2v) is 16.2. The molecule has 1 aliphatic carbocycles. The number of benzene rings is 3. The number of nitrogens with one attached hydrogen (secondary N) is 1. The van der Waals surface area contributed by atoms with E-state index in [0.29, 0.717) is 12.5 Å². The van der Waals surface area contributed by atoms with E-state index in [0.717, 1.165) is 25.1 Å².